The van der Waals surface area contributed by atoms with Gasteiger partial charge >= 0.3 is 0 Å². The van der Waals surface area contributed by atoms with Crippen LogP contribution in [0.15, 0.2) is 54.7 Å². The molecule has 0 fully saturated rings. The summed E-state index contributed by atoms with van der Waals surface area (Å²) in [6.45, 7) is 0.605. The van der Waals surface area contributed by atoms with Gasteiger partial charge in [-0.3, -0.25) is 4.98 Å². The molecule has 5 nitrogen and oxygen atoms in total. The average molecular weight is 327 g/mol. The van der Waals surface area contributed by atoms with Crippen LogP contribution < -0.4 is 4.90 Å². The number of hydrogen-bond donors (Lipinski definition) is 0. The number of aromatic nitrogens is 3. The fraction of sp³-hybridized carbons (Fsp3) is 0.150. The van der Waals surface area contributed by atoms with E-state index in [0.717, 1.165) is 33.4 Å². The quantitative estimate of drug-likeness (QED) is 0.576. The third-order valence-electron chi connectivity index (χ3n) is 4.51. The van der Waals surface area contributed by atoms with Gasteiger partial charge in [0.1, 0.15) is 11.9 Å². The molecule has 0 saturated carbocycles. The number of nitriles is 1. The zero-order chi connectivity index (χ0) is 17.4. The second-order valence-electron chi connectivity index (χ2n) is 6.08. The lowest BCUT2D eigenvalue weighted by Crippen LogP contribution is -2.20. The third-order valence-corrected chi connectivity index (χ3v) is 4.51. The summed E-state index contributed by atoms with van der Waals surface area (Å²) < 4.78 is 2.10. The highest BCUT2D eigenvalue weighted by molar-refractivity contribution is 5.94. The van der Waals surface area contributed by atoms with Gasteiger partial charge < -0.3 is 9.47 Å². The van der Waals surface area contributed by atoms with Crippen molar-refractivity contribution in [1.82, 2.24) is 14.5 Å². The first kappa shape index (κ1) is 15.2. The predicted molar refractivity (Wildman–Crippen MR) is 99.3 cm³/mol. The van der Waals surface area contributed by atoms with E-state index < -0.39 is 0 Å². The van der Waals surface area contributed by atoms with Crippen molar-refractivity contribution in [2.75, 3.05) is 11.9 Å². The van der Waals surface area contributed by atoms with Crippen LogP contribution in [0.2, 0.25) is 0 Å². The van der Waals surface area contributed by atoms with Crippen LogP contribution in [0.25, 0.3) is 21.9 Å². The lowest BCUT2D eigenvalue weighted by Gasteiger charge is -2.22. The summed E-state index contributed by atoms with van der Waals surface area (Å²) in [5, 5.41) is 10.5. The molecule has 0 aliphatic heterocycles. The smallest absolute Gasteiger partial charge is 0.129 e. The van der Waals surface area contributed by atoms with Crippen LogP contribution in [0.4, 0.5) is 5.69 Å². The van der Waals surface area contributed by atoms with Gasteiger partial charge in [0.2, 0.25) is 0 Å². The first-order valence-corrected chi connectivity index (χ1v) is 8.08. The molecular formula is C20H17N5. The largest absolute Gasteiger partial charge is 0.365 e. The van der Waals surface area contributed by atoms with E-state index in [9.17, 15) is 5.26 Å². The van der Waals surface area contributed by atoms with Gasteiger partial charge in [-0.2, -0.15) is 5.26 Å². The molecule has 5 heteroatoms. The minimum atomic E-state index is 0.569. The Morgan fingerprint density at radius 3 is 2.56 bits per heavy atom. The molecule has 0 aliphatic rings. The molecule has 0 saturated heterocycles. The van der Waals surface area contributed by atoms with E-state index in [1.54, 1.807) is 6.20 Å². The van der Waals surface area contributed by atoms with Crippen molar-refractivity contribution in [3.63, 3.8) is 0 Å². The van der Waals surface area contributed by atoms with Crippen LogP contribution in [-0.4, -0.2) is 21.6 Å². The Bertz CT molecular complexity index is 1120. The lowest BCUT2D eigenvalue weighted by atomic mass is 10.1. The van der Waals surface area contributed by atoms with Crippen LogP contribution in [0.5, 0.6) is 0 Å². The Morgan fingerprint density at radius 2 is 1.80 bits per heavy atom. The molecule has 2 aromatic carbocycles. The first-order valence-electron chi connectivity index (χ1n) is 8.08. The SMILES string of the molecule is CN(Cc1nc2ccccc2n1C)c1c(C#N)cnc2ccccc12. The summed E-state index contributed by atoms with van der Waals surface area (Å²) in [6, 6.07) is 18.2. The molecule has 25 heavy (non-hydrogen) atoms. The number of nitrogens with zero attached hydrogens (tertiary/aromatic N) is 5. The van der Waals surface area contributed by atoms with E-state index in [2.05, 4.69) is 26.6 Å². The Balaban J connectivity index is 1.81. The maximum absolute atomic E-state index is 9.52. The molecular weight excluding hydrogens is 310 g/mol. The predicted octanol–water partition coefficient (Wildman–Crippen LogP) is 3.63. The summed E-state index contributed by atoms with van der Waals surface area (Å²) in [5.41, 5.74) is 4.42. The minimum Gasteiger partial charge on any atom is -0.365 e. The van der Waals surface area contributed by atoms with Crippen LogP contribution in [0, 0.1) is 11.3 Å². The van der Waals surface area contributed by atoms with Crippen LogP contribution in [-0.2, 0) is 13.6 Å². The zero-order valence-electron chi connectivity index (χ0n) is 14.1. The highest BCUT2D eigenvalue weighted by Crippen LogP contribution is 2.29. The normalized spacial score (nSPS) is 10.9. The van der Waals surface area contributed by atoms with E-state index in [4.69, 9.17) is 4.98 Å². The van der Waals surface area contributed by atoms with Gasteiger partial charge in [0.15, 0.2) is 0 Å². The topological polar surface area (TPSA) is 57.7 Å². The van der Waals surface area contributed by atoms with Gasteiger partial charge in [-0.1, -0.05) is 30.3 Å². The van der Waals surface area contributed by atoms with Crippen LogP contribution in [0.3, 0.4) is 0 Å². The summed E-state index contributed by atoms with van der Waals surface area (Å²) in [4.78, 5) is 11.2. The van der Waals surface area contributed by atoms with Gasteiger partial charge in [0.05, 0.1) is 34.3 Å². The van der Waals surface area contributed by atoms with Gasteiger partial charge in [-0.25, -0.2) is 4.98 Å². The van der Waals surface area contributed by atoms with Crippen LogP contribution >= 0.6 is 0 Å². The second kappa shape index (κ2) is 5.91. The van der Waals surface area contributed by atoms with Crippen LogP contribution in [0.1, 0.15) is 11.4 Å². The molecule has 4 aromatic rings. The van der Waals surface area contributed by atoms with Gasteiger partial charge in [-0.15, -0.1) is 0 Å². The highest BCUT2D eigenvalue weighted by Gasteiger charge is 2.16. The number of imidazole rings is 1. The zero-order valence-corrected chi connectivity index (χ0v) is 14.1. The Kier molecular flexibility index (Phi) is 3.58. The maximum atomic E-state index is 9.52. The number of para-hydroxylation sites is 3. The Labute approximate surface area is 145 Å². The molecule has 0 aliphatic carbocycles. The monoisotopic (exact) mass is 327 g/mol. The summed E-state index contributed by atoms with van der Waals surface area (Å²) in [6.07, 6.45) is 1.64. The summed E-state index contributed by atoms with van der Waals surface area (Å²) in [7, 11) is 4.01. The van der Waals surface area contributed by atoms with E-state index in [0.29, 0.717) is 12.1 Å². The standard InChI is InChI=1S/C20H17N5/c1-24(13-19-23-17-9-5-6-10-18(17)25(19)2)20-14(11-21)12-22-16-8-4-3-7-15(16)20/h3-10,12H,13H2,1-2H3. The van der Waals surface area contributed by atoms with E-state index in [1.165, 1.54) is 0 Å². The van der Waals surface area contributed by atoms with Crippen molar-refractivity contribution in [3.8, 4) is 6.07 Å². The fourth-order valence-corrected chi connectivity index (χ4v) is 3.25. The molecule has 0 N–H and O–H groups in total. The summed E-state index contributed by atoms with van der Waals surface area (Å²) in [5.74, 6) is 0.952. The number of rotatable bonds is 3. The molecule has 0 bridgehead atoms. The van der Waals surface area contributed by atoms with Gasteiger partial charge in [0, 0.05) is 25.7 Å². The Morgan fingerprint density at radius 1 is 1.08 bits per heavy atom. The lowest BCUT2D eigenvalue weighted by molar-refractivity contribution is 0.776. The van der Waals surface area contributed by atoms with Gasteiger partial charge in [-0.05, 0) is 18.2 Å². The molecule has 122 valence electrons. The van der Waals surface area contributed by atoms with E-state index >= 15 is 0 Å². The molecule has 2 aromatic heterocycles. The average Bonchev–Trinajstić information content (AvgIpc) is 2.96. The first-order chi connectivity index (χ1) is 12.2. The number of pyridine rings is 1. The molecule has 0 unspecified atom stereocenters. The number of aryl methyl sites for hydroxylation is 1. The number of hydrogen-bond acceptors (Lipinski definition) is 4. The molecule has 4 rings (SSSR count). The highest BCUT2D eigenvalue weighted by atomic mass is 15.2. The number of benzene rings is 2. The van der Waals surface area contributed by atoms with Gasteiger partial charge in [0.25, 0.3) is 0 Å². The summed E-state index contributed by atoms with van der Waals surface area (Å²) >= 11 is 0. The van der Waals surface area contributed by atoms with Crippen molar-refractivity contribution in [2.45, 2.75) is 6.54 Å². The third kappa shape index (κ3) is 2.48. The van der Waals surface area contributed by atoms with Crippen molar-refractivity contribution in [2.24, 2.45) is 7.05 Å². The van der Waals surface area contributed by atoms with Crippen molar-refractivity contribution in [3.05, 3.63) is 66.1 Å². The molecule has 0 spiro atoms. The van der Waals surface area contributed by atoms with Crippen molar-refractivity contribution >= 4 is 27.6 Å². The fourth-order valence-electron chi connectivity index (χ4n) is 3.25. The van der Waals surface area contributed by atoms with Crippen molar-refractivity contribution < 1.29 is 0 Å². The second-order valence-corrected chi connectivity index (χ2v) is 6.08. The van der Waals surface area contributed by atoms with E-state index in [-0.39, 0.29) is 0 Å². The molecule has 0 radical (unpaired) electrons. The van der Waals surface area contributed by atoms with Crippen molar-refractivity contribution in [1.29, 1.82) is 5.26 Å². The maximum Gasteiger partial charge on any atom is 0.129 e. The minimum absolute atomic E-state index is 0.569. The Hall–Kier alpha value is -3.39. The molecule has 2 heterocycles. The molecule has 0 amide bonds. The molecule has 0 atom stereocenters. The number of fused-ring (bicyclic) bond motifs is 2. The number of anilines is 1. The van der Waals surface area contributed by atoms with E-state index in [1.807, 2.05) is 56.6 Å².